The third kappa shape index (κ3) is 4.82. The maximum Gasteiger partial charge on any atom is 0.240 e. The second-order valence-electron chi connectivity index (χ2n) is 6.26. The largest absolute Gasteiger partial charge is 0.497 e. The number of ether oxygens (including phenoxy) is 1. The molecule has 2 N–H and O–H groups in total. The van der Waals surface area contributed by atoms with E-state index in [9.17, 15) is 9.59 Å². The normalized spacial score (nSPS) is 11.0. The number of benzene rings is 1. The number of nitrogens with zero attached hydrogens (tertiary/aromatic N) is 1. The third-order valence-corrected chi connectivity index (χ3v) is 3.86. The molecule has 7 nitrogen and oxygen atoms in total. The number of hydrogen-bond donors (Lipinski definition) is 2. The summed E-state index contributed by atoms with van der Waals surface area (Å²) in [7, 11) is 1.61. The molecule has 7 heteroatoms. The highest BCUT2D eigenvalue weighted by molar-refractivity contribution is 6.09. The van der Waals surface area contributed by atoms with E-state index in [-0.39, 0.29) is 5.91 Å². The molecule has 0 spiro atoms. The number of hydrogen-bond acceptors (Lipinski definition) is 5. The van der Waals surface area contributed by atoms with Crippen molar-refractivity contribution in [3.63, 3.8) is 0 Å². The van der Waals surface area contributed by atoms with Crippen LogP contribution in [0, 0.1) is 12.3 Å². The van der Waals surface area contributed by atoms with Crippen molar-refractivity contribution in [2.45, 2.75) is 27.2 Å². The van der Waals surface area contributed by atoms with Gasteiger partial charge in [-0.3, -0.25) is 9.59 Å². The molecule has 2 rings (SSSR count). The smallest absolute Gasteiger partial charge is 0.240 e. The fourth-order valence-corrected chi connectivity index (χ4v) is 2.13. The lowest BCUT2D eigenvalue weighted by Gasteiger charge is -2.22. The van der Waals surface area contributed by atoms with Crippen LogP contribution in [-0.4, -0.2) is 30.6 Å². The van der Waals surface area contributed by atoms with E-state index in [4.69, 9.17) is 9.26 Å². The van der Waals surface area contributed by atoms with Gasteiger partial charge >= 0.3 is 0 Å². The van der Waals surface area contributed by atoms with Crippen molar-refractivity contribution >= 4 is 17.6 Å². The van der Waals surface area contributed by atoms with Crippen LogP contribution in [-0.2, 0) is 16.0 Å². The Hall–Kier alpha value is -2.83. The second kappa shape index (κ2) is 7.83. The number of anilines is 1. The summed E-state index contributed by atoms with van der Waals surface area (Å²) in [6.07, 6.45) is 0.663. The van der Waals surface area contributed by atoms with Gasteiger partial charge in [-0.2, -0.15) is 0 Å². The van der Waals surface area contributed by atoms with E-state index >= 15 is 0 Å². The molecule has 0 fully saturated rings. The summed E-state index contributed by atoms with van der Waals surface area (Å²) in [6.45, 7) is 5.29. The maximum atomic E-state index is 12.4. The molecule has 0 saturated heterocycles. The average Bonchev–Trinajstić information content (AvgIpc) is 3.00. The molecule has 0 atom stereocenters. The van der Waals surface area contributed by atoms with Gasteiger partial charge in [0.05, 0.1) is 7.11 Å². The van der Waals surface area contributed by atoms with Gasteiger partial charge in [-0.1, -0.05) is 17.3 Å². The maximum absolute atomic E-state index is 12.4. The Morgan fingerprint density at radius 2 is 1.88 bits per heavy atom. The molecule has 0 aliphatic heterocycles. The van der Waals surface area contributed by atoms with Crippen LogP contribution < -0.4 is 15.4 Å². The molecular weight excluding hydrogens is 322 g/mol. The van der Waals surface area contributed by atoms with Crippen molar-refractivity contribution in [1.82, 2.24) is 10.5 Å². The molecule has 1 aromatic carbocycles. The van der Waals surface area contributed by atoms with E-state index in [0.29, 0.717) is 24.5 Å². The van der Waals surface area contributed by atoms with E-state index < -0.39 is 11.3 Å². The van der Waals surface area contributed by atoms with Crippen molar-refractivity contribution in [2.75, 3.05) is 19.0 Å². The fourth-order valence-electron chi connectivity index (χ4n) is 2.13. The number of carbonyl (C=O) groups is 2. The van der Waals surface area contributed by atoms with Crippen LogP contribution >= 0.6 is 0 Å². The van der Waals surface area contributed by atoms with E-state index in [2.05, 4.69) is 15.8 Å². The first-order valence-corrected chi connectivity index (χ1v) is 7.99. The number of carbonyl (C=O) groups excluding carboxylic acids is 2. The number of aryl methyl sites for hydroxylation is 1. The first-order valence-electron chi connectivity index (χ1n) is 7.99. The predicted octanol–water partition coefficient (Wildman–Crippen LogP) is 2.32. The third-order valence-electron chi connectivity index (χ3n) is 3.86. The van der Waals surface area contributed by atoms with Gasteiger partial charge in [-0.25, -0.2) is 0 Å². The van der Waals surface area contributed by atoms with Crippen molar-refractivity contribution in [2.24, 2.45) is 5.41 Å². The summed E-state index contributed by atoms with van der Waals surface area (Å²) in [5.41, 5.74) is -0.159. The minimum absolute atomic E-state index is 0.293. The van der Waals surface area contributed by atoms with Crippen LogP contribution in [0.1, 0.15) is 25.2 Å². The Labute approximate surface area is 146 Å². The molecule has 2 amide bonds. The zero-order valence-corrected chi connectivity index (χ0v) is 14.9. The standard InChI is InChI=1S/C18H23N3O4/c1-12-11-15(21-25-12)20-17(23)18(2,3)16(22)19-10-9-13-5-7-14(24-4)8-6-13/h5-8,11H,9-10H2,1-4H3,(H,19,22)(H,20,21,23). The second-order valence-corrected chi connectivity index (χ2v) is 6.26. The highest BCUT2D eigenvalue weighted by atomic mass is 16.5. The lowest BCUT2D eigenvalue weighted by Crippen LogP contribution is -2.45. The van der Waals surface area contributed by atoms with Gasteiger partial charge in [0.15, 0.2) is 5.82 Å². The molecule has 0 aliphatic rings. The van der Waals surface area contributed by atoms with Crippen molar-refractivity contribution in [1.29, 1.82) is 0 Å². The molecule has 134 valence electrons. The molecule has 1 aromatic heterocycles. The zero-order chi connectivity index (χ0) is 18.4. The number of rotatable bonds is 7. The van der Waals surface area contributed by atoms with Gasteiger partial charge in [0, 0.05) is 12.6 Å². The molecule has 1 heterocycles. The molecule has 0 saturated carbocycles. The molecule has 0 aliphatic carbocycles. The lowest BCUT2D eigenvalue weighted by molar-refractivity contribution is -0.138. The Morgan fingerprint density at radius 3 is 2.44 bits per heavy atom. The van der Waals surface area contributed by atoms with Gasteiger partial charge in [0.25, 0.3) is 0 Å². The van der Waals surface area contributed by atoms with E-state index in [1.807, 2.05) is 24.3 Å². The number of amides is 2. The summed E-state index contributed by atoms with van der Waals surface area (Å²) >= 11 is 0. The SMILES string of the molecule is COc1ccc(CCNC(=O)C(C)(C)C(=O)Nc2cc(C)on2)cc1. The monoisotopic (exact) mass is 345 g/mol. The van der Waals surface area contributed by atoms with Crippen LogP contribution in [0.5, 0.6) is 5.75 Å². The van der Waals surface area contributed by atoms with E-state index in [1.54, 1.807) is 33.9 Å². The number of aromatic nitrogens is 1. The summed E-state index contributed by atoms with van der Waals surface area (Å²) < 4.78 is 10.0. The molecule has 25 heavy (non-hydrogen) atoms. The van der Waals surface area contributed by atoms with Crippen molar-refractivity contribution < 1.29 is 18.8 Å². The Balaban J connectivity index is 1.85. The predicted molar refractivity (Wildman–Crippen MR) is 93.4 cm³/mol. The Kier molecular flexibility index (Phi) is 5.80. The van der Waals surface area contributed by atoms with Gasteiger partial charge in [0.2, 0.25) is 11.8 Å². The van der Waals surface area contributed by atoms with Crippen LogP contribution in [0.4, 0.5) is 5.82 Å². The minimum Gasteiger partial charge on any atom is -0.497 e. The van der Waals surface area contributed by atoms with E-state index in [1.165, 1.54) is 0 Å². The van der Waals surface area contributed by atoms with Gasteiger partial charge in [-0.05, 0) is 44.9 Å². The minimum atomic E-state index is -1.23. The van der Waals surface area contributed by atoms with Gasteiger partial charge < -0.3 is 19.9 Å². The van der Waals surface area contributed by atoms with Crippen LogP contribution in [0.3, 0.4) is 0 Å². The molecule has 0 radical (unpaired) electrons. The molecule has 0 bridgehead atoms. The van der Waals surface area contributed by atoms with Crippen molar-refractivity contribution in [3.05, 3.63) is 41.7 Å². The first-order chi connectivity index (χ1) is 11.8. The molecule has 2 aromatic rings. The summed E-state index contributed by atoms with van der Waals surface area (Å²) in [5.74, 6) is 0.869. The van der Waals surface area contributed by atoms with Gasteiger partial charge in [0.1, 0.15) is 16.9 Å². The topological polar surface area (TPSA) is 93.5 Å². The fraction of sp³-hybridized carbons (Fsp3) is 0.389. The number of nitrogens with one attached hydrogen (secondary N) is 2. The molecular formula is C18H23N3O4. The highest BCUT2D eigenvalue weighted by Gasteiger charge is 2.36. The first kappa shape index (κ1) is 18.5. The summed E-state index contributed by atoms with van der Waals surface area (Å²) in [6, 6.07) is 9.21. The van der Waals surface area contributed by atoms with Gasteiger partial charge in [-0.15, -0.1) is 0 Å². The lowest BCUT2D eigenvalue weighted by atomic mass is 9.91. The summed E-state index contributed by atoms with van der Waals surface area (Å²) in [4.78, 5) is 24.7. The Morgan fingerprint density at radius 1 is 1.20 bits per heavy atom. The average molecular weight is 345 g/mol. The number of methoxy groups -OCH3 is 1. The Bertz CT molecular complexity index is 735. The van der Waals surface area contributed by atoms with Crippen molar-refractivity contribution in [3.8, 4) is 5.75 Å². The zero-order valence-electron chi connectivity index (χ0n) is 14.9. The summed E-state index contributed by atoms with van der Waals surface area (Å²) in [5, 5.41) is 9.08. The van der Waals surface area contributed by atoms with Crippen LogP contribution in [0.2, 0.25) is 0 Å². The van der Waals surface area contributed by atoms with E-state index in [0.717, 1.165) is 11.3 Å². The van der Waals surface area contributed by atoms with Crippen LogP contribution in [0.15, 0.2) is 34.9 Å². The quantitative estimate of drug-likeness (QED) is 0.751. The van der Waals surface area contributed by atoms with Crippen LogP contribution in [0.25, 0.3) is 0 Å². The molecule has 0 unspecified atom stereocenters. The highest BCUT2D eigenvalue weighted by Crippen LogP contribution is 2.19.